The number of aliphatic imine (C=N–C) groups is 1. The van der Waals surface area contributed by atoms with Crippen LogP contribution in [0.2, 0.25) is 5.02 Å². The molecule has 3 aromatic rings. The quantitative estimate of drug-likeness (QED) is 0.261. The SMILES string of the molecule is Cc1nnc(CN=C(NCCc2cccs2)NC(C)c2ccc(Cl)cc2)n1C.I. The predicted molar refractivity (Wildman–Crippen MR) is 131 cm³/mol. The van der Waals surface area contributed by atoms with Gasteiger partial charge in [-0.25, -0.2) is 4.99 Å². The van der Waals surface area contributed by atoms with Crippen LogP contribution in [0, 0.1) is 6.92 Å². The highest BCUT2D eigenvalue weighted by atomic mass is 127. The van der Waals surface area contributed by atoms with Crippen molar-refractivity contribution >= 4 is 52.9 Å². The number of rotatable bonds is 7. The van der Waals surface area contributed by atoms with E-state index in [0.29, 0.717) is 6.54 Å². The van der Waals surface area contributed by atoms with E-state index in [2.05, 4.69) is 45.3 Å². The third-order valence-electron chi connectivity index (χ3n) is 4.53. The summed E-state index contributed by atoms with van der Waals surface area (Å²) in [5, 5.41) is 18.0. The first-order valence-electron chi connectivity index (χ1n) is 9.20. The van der Waals surface area contributed by atoms with Crippen molar-refractivity contribution in [3.8, 4) is 0 Å². The van der Waals surface area contributed by atoms with Crippen molar-refractivity contribution in [2.75, 3.05) is 6.54 Å². The summed E-state index contributed by atoms with van der Waals surface area (Å²) in [7, 11) is 1.95. The molecule has 0 aliphatic rings. The van der Waals surface area contributed by atoms with Gasteiger partial charge in [-0.1, -0.05) is 29.8 Å². The molecule has 6 nitrogen and oxygen atoms in total. The van der Waals surface area contributed by atoms with Gasteiger partial charge in [-0.15, -0.1) is 45.5 Å². The molecule has 2 aromatic heterocycles. The zero-order valence-electron chi connectivity index (χ0n) is 16.7. The second-order valence-corrected chi connectivity index (χ2v) is 8.03. The number of nitrogens with zero attached hydrogens (tertiary/aromatic N) is 4. The van der Waals surface area contributed by atoms with E-state index in [9.17, 15) is 0 Å². The molecule has 0 fully saturated rings. The number of aryl methyl sites for hydroxylation is 1. The summed E-state index contributed by atoms with van der Waals surface area (Å²) in [6, 6.07) is 12.2. The molecule has 2 heterocycles. The van der Waals surface area contributed by atoms with Crippen molar-refractivity contribution in [2.45, 2.75) is 32.9 Å². The third kappa shape index (κ3) is 6.97. The number of nitrogens with one attached hydrogen (secondary N) is 2. The number of hydrogen-bond donors (Lipinski definition) is 2. The minimum absolute atomic E-state index is 0. The summed E-state index contributed by atoms with van der Waals surface area (Å²) in [5.74, 6) is 2.45. The number of thiophene rings is 1. The second-order valence-electron chi connectivity index (χ2n) is 6.56. The lowest BCUT2D eigenvalue weighted by molar-refractivity contribution is 0.676. The van der Waals surface area contributed by atoms with Gasteiger partial charge in [0.1, 0.15) is 12.4 Å². The Morgan fingerprint density at radius 1 is 1.24 bits per heavy atom. The fourth-order valence-electron chi connectivity index (χ4n) is 2.69. The lowest BCUT2D eigenvalue weighted by atomic mass is 10.1. The van der Waals surface area contributed by atoms with E-state index >= 15 is 0 Å². The Kier molecular flexibility index (Phi) is 9.38. The van der Waals surface area contributed by atoms with E-state index < -0.39 is 0 Å². The Labute approximate surface area is 197 Å². The number of aromatic nitrogens is 3. The van der Waals surface area contributed by atoms with Crippen LogP contribution in [0.4, 0.5) is 0 Å². The molecule has 0 bridgehead atoms. The van der Waals surface area contributed by atoms with E-state index in [-0.39, 0.29) is 30.0 Å². The van der Waals surface area contributed by atoms with Gasteiger partial charge in [-0.05, 0) is 49.4 Å². The maximum absolute atomic E-state index is 6.00. The zero-order valence-corrected chi connectivity index (χ0v) is 20.6. The van der Waals surface area contributed by atoms with E-state index in [1.807, 2.05) is 42.8 Å². The summed E-state index contributed by atoms with van der Waals surface area (Å²) in [6.45, 7) is 5.30. The highest BCUT2D eigenvalue weighted by Crippen LogP contribution is 2.16. The molecule has 1 unspecified atom stereocenters. The standard InChI is InChI=1S/C20H25ClN6S.HI/c1-14(16-6-8-17(21)9-7-16)24-20(22-11-10-18-5-4-12-28-18)23-13-19-26-25-15(2)27(19)3;/h4-9,12,14H,10-11,13H2,1-3H3,(H2,22,23,24);1H. The second kappa shape index (κ2) is 11.5. The van der Waals surface area contributed by atoms with Crippen molar-refractivity contribution in [1.29, 1.82) is 0 Å². The average Bonchev–Trinajstić information content (AvgIpc) is 3.31. The molecule has 0 aliphatic carbocycles. The molecule has 0 amide bonds. The molecule has 0 radical (unpaired) electrons. The lowest BCUT2D eigenvalue weighted by Gasteiger charge is -2.19. The number of hydrogen-bond acceptors (Lipinski definition) is 4. The van der Waals surface area contributed by atoms with Crippen molar-refractivity contribution in [2.24, 2.45) is 12.0 Å². The Morgan fingerprint density at radius 3 is 2.62 bits per heavy atom. The maximum atomic E-state index is 6.00. The largest absolute Gasteiger partial charge is 0.356 e. The van der Waals surface area contributed by atoms with Gasteiger partial charge >= 0.3 is 0 Å². The van der Waals surface area contributed by atoms with Crippen molar-refractivity contribution in [3.05, 3.63) is 68.9 Å². The summed E-state index contributed by atoms with van der Waals surface area (Å²) in [5.41, 5.74) is 1.15. The van der Waals surface area contributed by atoms with Gasteiger partial charge in [0.25, 0.3) is 0 Å². The maximum Gasteiger partial charge on any atom is 0.192 e. The molecular formula is C20H26ClIN6S. The topological polar surface area (TPSA) is 67.1 Å². The van der Waals surface area contributed by atoms with E-state index in [1.165, 1.54) is 4.88 Å². The van der Waals surface area contributed by atoms with Crippen LogP contribution >= 0.6 is 46.9 Å². The lowest BCUT2D eigenvalue weighted by Crippen LogP contribution is -2.39. The van der Waals surface area contributed by atoms with E-state index in [0.717, 1.165) is 41.2 Å². The number of halogens is 2. The van der Waals surface area contributed by atoms with Crippen molar-refractivity contribution < 1.29 is 0 Å². The fraction of sp³-hybridized carbons (Fsp3) is 0.350. The van der Waals surface area contributed by atoms with Gasteiger partial charge in [0.15, 0.2) is 11.8 Å². The molecule has 0 aliphatic heterocycles. The Hall–Kier alpha value is -1.65. The molecule has 0 saturated heterocycles. The zero-order chi connectivity index (χ0) is 19.9. The minimum atomic E-state index is 0. The van der Waals surface area contributed by atoms with Gasteiger partial charge in [0, 0.05) is 23.5 Å². The minimum Gasteiger partial charge on any atom is -0.356 e. The Balaban J connectivity index is 0.00000300. The van der Waals surface area contributed by atoms with Crippen LogP contribution in [0.3, 0.4) is 0 Å². The smallest absolute Gasteiger partial charge is 0.192 e. The molecule has 2 N–H and O–H groups in total. The predicted octanol–water partition coefficient (Wildman–Crippen LogP) is 4.50. The highest BCUT2D eigenvalue weighted by Gasteiger charge is 2.10. The molecule has 0 spiro atoms. The highest BCUT2D eigenvalue weighted by molar-refractivity contribution is 14.0. The summed E-state index contributed by atoms with van der Waals surface area (Å²) in [6.07, 6.45) is 0.955. The third-order valence-corrected chi connectivity index (χ3v) is 5.72. The normalized spacial score (nSPS) is 12.3. The van der Waals surface area contributed by atoms with Crippen LogP contribution in [0.1, 0.15) is 35.1 Å². The molecule has 156 valence electrons. The average molecular weight is 545 g/mol. The first kappa shape index (κ1) is 23.6. The van der Waals surface area contributed by atoms with E-state index in [4.69, 9.17) is 16.6 Å². The van der Waals surface area contributed by atoms with Crippen molar-refractivity contribution in [1.82, 2.24) is 25.4 Å². The van der Waals surface area contributed by atoms with Gasteiger partial charge in [-0.2, -0.15) is 0 Å². The van der Waals surface area contributed by atoms with Crippen LogP contribution in [0.5, 0.6) is 0 Å². The van der Waals surface area contributed by atoms with Crippen LogP contribution in [0.25, 0.3) is 0 Å². The first-order valence-corrected chi connectivity index (χ1v) is 10.5. The molecular weight excluding hydrogens is 519 g/mol. The van der Waals surface area contributed by atoms with Gasteiger partial charge in [0.2, 0.25) is 0 Å². The molecule has 1 aromatic carbocycles. The van der Waals surface area contributed by atoms with Crippen LogP contribution < -0.4 is 10.6 Å². The molecule has 9 heteroatoms. The summed E-state index contributed by atoms with van der Waals surface area (Å²) >= 11 is 7.77. The van der Waals surface area contributed by atoms with Crippen LogP contribution in [-0.2, 0) is 20.0 Å². The monoisotopic (exact) mass is 544 g/mol. The first-order chi connectivity index (χ1) is 13.5. The summed E-state index contributed by atoms with van der Waals surface area (Å²) < 4.78 is 1.95. The number of guanidine groups is 1. The Bertz CT molecular complexity index is 908. The molecule has 1 atom stereocenters. The molecule has 3 rings (SSSR count). The number of benzene rings is 1. The van der Waals surface area contributed by atoms with Crippen molar-refractivity contribution in [3.63, 3.8) is 0 Å². The van der Waals surface area contributed by atoms with Crippen LogP contribution in [-0.4, -0.2) is 27.3 Å². The van der Waals surface area contributed by atoms with Crippen LogP contribution in [0.15, 0.2) is 46.8 Å². The van der Waals surface area contributed by atoms with Gasteiger partial charge in [0.05, 0.1) is 6.04 Å². The summed E-state index contributed by atoms with van der Waals surface area (Å²) in [4.78, 5) is 6.07. The Morgan fingerprint density at radius 2 is 2.00 bits per heavy atom. The van der Waals surface area contributed by atoms with E-state index in [1.54, 1.807) is 11.3 Å². The fourth-order valence-corrected chi connectivity index (χ4v) is 3.52. The molecule has 0 saturated carbocycles. The molecule has 29 heavy (non-hydrogen) atoms. The van der Waals surface area contributed by atoms with Gasteiger partial charge < -0.3 is 15.2 Å². The van der Waals surface area contributed by atoms with Gasteiger partial charge in [-0.3, -0.25) is 0 Å².